The predicted octanol–water partition coefficient (Wildman–Crippen LogP) is 3.32. The Balaban J connectivity index is 2.04. The van der Waals surface area contributed by atoms with E-state index >= 15 is 0 Å². The molecule has 2 rings (SSSR count). The van der Waals surface area contributed by atoms with Crippen LogP contribution in [0.25, 0.3) is 0 Å². The fraction of sp³-hybridized carbons (Fsp3) is 0.188. The second-order valence-corrected chi connectivity index (χ2v) is 4.44. The molecule has 0 unspecified atom stereocenters. The fourth-order valence-electron chi connectivity index (χ4n) is 1.84. The zero-order valence-electron chi connectivity index (χ0n) is 11.6. The molecule has 5 heteroatoms. The minimum atomic E-state index is -0.658. The molecule has 0 fully saturated rings. The number of hydrogen-bond donors (Lipinski definition) is 2. The summed E-state index contributed by atoms with van der Waals surface area (Å²) in [5, 5.41) is 12.2. The third kappa shape index (κ3) is 3.95. The first-order chi connectivity index (χ1) is 10.1. The van der Waals surface area contributed by atoms with Crippen LogP contribution in [0.5, 0.6) is 5.75 Å². The summed E-state index contributed by atoms with van der Waals surface area (Å²) in [6, 6.07) is 11.1. The standard InChI is InChI=1S/C16H16FNO3/c1-2-21-16(20)12-4-3-5-13(9-12)18-10-11-6-7-15(19)14(17)8-11/h3-9,18-19H,2,10H2,1H3. The lowest BCUT2D eigenvalue weighted by molar-refractivity contribution is 0.0526. The first kappa shape index (κ1) is 14.8. The summed E-state index contributed by atoms with van der Waals surface area (Å²) in [6.45, 7) is 2.45. The number of rotatable bonds is 5. The maximum atomic E-state index is 13.2. The normalized spacial score (nSPS) is 10.2. The first-order valence-corrected chi connectivity index (χ1v) is 6.58. The summed E-state index contributed by atoms with van der Waals surface area (Å²) in [6.07, 6.45) is 0. The lowest BCUT2D eigenvalue weighted by Crippen LogP contribution is -2.06. The van der Waals surface area contributed by atoms with Gasteiger partial charge in [-0.1, -0.05) is 12.1 Å². The molecule has 0 spiro atoms. The van der Waals surface area contributed by atoms with Crippen LogP contribution in [0.2, 0.25) is 0 Å². The molecule has 0 atom stereocenters. The van der Waals surface area contributed by atoms with Crippen LogP contribution >= 0.6 is 0 Å². The minimum Gasteiger partial charge on any atom is -0.505 e. The number of benzene rings is 2. The molecule has 2 aromatic carbocycles. The molecular weight excluding hydrogens is 273 g/mol. The van der Waals surface area contributed by atoms with Gasteiger partial charge in [-0.05, 0) is 42.8 Å². The van der Waals surface area contributed by atoms with Gasteiger partial charge in [-0.3, -0.25) is 0 Å². The second-order valence-electron chi connectivity index (χ2n) is 4.44. The van der Waals surface area contributed by atoms with Gasteiger partial charge in [0.15, 0.2) is 11.6 Å². The Morgan fingerprint density at radius 3 is 2.81 bits per heavy atom. The molecule has 21 heavy (non-hydrogen) atoms. The highest BCUT2D eigenvalue weighted by Gasteiger charge is 2.07. The number of carbonyl (C=O) groups is 1. The first-order valence-electron chi connectivity index (χ1n) is 6.58. The van der Waals surface area contributed by atoms with Crippen molar-refractivity contribution in [3.8, 4) is 5.75 Å². The molecule has 110 valence electrons. The molecule has 2 aromatic rings. The SMILES string of the molecule is CCOC(=O)c1cccc(NCc2ccc(O)c(F)c2)c1. The van der Waals surface area contributed by atoms with Crippen molar-refractivity contribution in [3.63, 3.8) is 0 Å². The molecule has 0 radical (unpaired) electrons. The van der Waals surface area contributed by atoms with Gasteiger partial charge in [0.2, 0.25) is 0 Å². The molecule has 0 saturated heterocycles. The number of carbonyl (C=O) groups excluding carboxylic acids is 1. The van der Waals surface area contributed by atoms with Gasteiger partial charge in [0.25, 0.3) is 0 Å². The van der Waals surface area contributed by atoms with Crippen LogP contribution in [0.4, 0.5) is 10.1 Å². The van der Waals surface area contributed by atoms with Crippen molar-refractivity contribution < 1.29 is 19.0 Å². The van der Waals surface area contributed by atoms with Gasteiger partial charge >= 0.3 is 5.97 Å². The van der Waals surface area contributed by atoms with Gasteiger partial charge in [0.1, 0.15) is 0 Å². The summed E-state index contributed by atoms with van der Waals surface area (Å²) < 4.78 is 18.2. The van der Waals surface area contributed by atoms with E-state index in [9.17, 15) is 9.18 Å². The number of halogens is 1. The quantitative estimate of drug-likeness (QED) is 0.829. The Bertz CT molecular complexity index is 643. The number of phenolic OH excluding ortho intramolecular Hbond substituents is 1. The molecule has 0 saturated carbocycles. The molecule has 2 N–H and O–H groups in total. The largest absolute Gasteiger partial charge is 0.505 e. The Morgan fingerprint density at radius 1 is 1.29 bits per heavy atom. The summed E-state index contributed by atoms with van der Waals surface area (Å²) >= 11 is 0. The number of anilines is 1. The van der Waals surface area contributed by atoms with Crippen molar-refractivity contribution in [2.24, 2.45) is 0 Å². The second kappa shape index (κ2) is 6.74. The monoisotopic (exact) mass is 289 g/mol. The van der Waals surface area contributed by atoms with E-state index in [-0.39, 0.29) is 11.7 Å². The van der Waals surface area contributed by atoms with E-state index in [0.717, 1.165) is 5.69 Å². The zero-order chi connectivity index (χ0) is 15.2. The van der Waals surface area contributed by atoms with Crippen molar-refractivity contribution in [1.29, 1.82) is 0 Å². The Hall–Kier alpha value is -2.56. The van der Waals surface area contributed by atoms with Crippen molar-refractivity contribution in [3.05, 3.63) is 59.4 Å². The van der Waals surface area contributed by atoms with Gasteiger partial charge in [-0.15, -0.1) is 0 Å². The van der Waals surface area contributed by atoms with E-state index in [1.54, 1.807) is 37.3 Å². The zero-order valence-corrected chi connectivity index (χ0v) is 11.6. The van der Waals surface area contributed by atoms with Gasteiger partial charge in [-0.25, -0.2) is 9.18 Å². The van der Waals surface area contributed by atoms with Crippen LogP contribution in [0.15, 0.2) is 42.5 Å². The highest BCUT2D eigenvalue weighted by molar-refractivity contribution is 5.90. The van der Waals surface area contributed by atoms with Crippen LogP contribution < -0.4 is 5.32 Å². The van der Waals surface area contributed by atoms with Crippen LogP contribution in [0, 0.1) is 5.82 Å². The molecule has 0 aromatic heterocycles. The maximum Gasteiger partial charge on any atom is 0.338 e. The highest BCUT2D eigenvalue weighted by atomic mass is 19.1. The van der Waals surface area contributed by atoms with Gasteiger partial charge in [0.05, 0.1) is 12.2 Å². The van der Waals surface area contributed by atoms with Crippen LogP contribution in [-0.4, -0.2) is 17.7 Å². The maximum absolute atomic E-state index is 13.2. The van der Waals surface area contributed by atoms with E-state index < -0.39 is 5.82 Å². The smallest absolute Gasteiger partial charge is 0.338 e. The average Bonchev–Trinajstić information content (AvgIpc) is 2.49. The molecule has 0 bridgehead atoms. The number of aromatic hydroxyl groups is 1. The number of hydrogen-bond acceptors (Lipinski definition) is 4. The number of ether oxygens (including phenoxy) is 1. The Morgan fingerprint density at radius 2 is 2.10 bits per heavy atom. The van der Waals surface area contributed by atoms with Crippen molar-refractivity contribution in [2.45, 2.75) is 13.5 Å². The molecular formula is C16H16FNO3. The van der Waals surface area contributed by atoms with E-state index in [1.807, 2.05) is 0 Å². The summed E-state index contributed by atoms with van der Waals surface area (Å²) in [4.78, 5) is 11.6. The summed E-state index contributed by atoms with van der Waals surface area (Å²) in [5.74, 6) is -1.41. The molecule has 0 aliphatic heterocycles. The van der Waals surface area contributed by atoms with Crippen LogP contribution in [0.1, 0.15) is 22.8 Å². The van der Waals surface area contributed by atoms with Gasteiger partial charge in [-0.2, -0.15) is 0 Å². The fourth-order valence-corrected chi connectivity index (χ4v) is 1.84. The molecule has 0 aliphatic rings. The van der Waals surface area contributed by atoms with Crippen molar-refractivity contribution in [2.75, 3.05) is 11.9 Å². The van der Waals surface area contributed by atoms with Crippen molar-refractivity contribution in [1.82, 2.24) is 0 Å². The topological polar surface area (TPSA) is 58.6 Å². The molecule has 4 nitrogen and oxygen atoms in total. The van der Waals surface area contributed by atoms with E-state index in [1.165, 1.54) is 12.1 Å². The van der Waals surface area contributed by atoms with E-state index in [4.69, 9.17) is 9.84 Å². The van der Waals surface area contributed by atoms with E-state index in [2.05, 4.69) is 5.32 Å². The number of nitrogens with one attached hydrogen (secondary N) is 1. The lowest BCUT2D eigenvalue weighted by Gasteiger charge is -2.09. The Labute approximate surface area is 122 Å². The van der Waals surface area contributed by atoms with Gasteiger partial charge in [0, 0.05) is 12.2 Å². The Kier molecular flexibility index (Phi) is 4.77. The number of esters is 1. The molecule has 0 aliphatic carbocycles. The summed E-state index contributed by atoms with van der Waals surface area (Å²) in [5.41, 5.74) is 1.87. The molecule has 0 heterocycles. The number of phenols is 1. The third-order valence-corrected chi connectivity index (χ3v) is 2.88. The van der Waals surface area contributed by atoms with Crippen LogP contribution in [0.3, 0.4) is 0 Å². The van der Waals surface area contributed by atoms with E-state index in [0.29, 0.717) is 24.3 Å². The lowest BCUT2D eigenvalue weighted by atomic mass is 10.1. The predicted molar refractivity (Wildman–Crippen MR) is 77.8 cm³/mol. The molecule has 0 amide bonds. The van der Waals surface area contributed by atoms with Crippen molar-refractivity contribution >= 4 is 11.7 Å². The highest BCUT2D eigenvalue weighted by Crippen LogP contribution is 2.18. The minimum absolute atomic E-state index is 0.323. The third-order valence-electron chi connectivity index (χ3n) is 2.88. The van der Waals surface area contributed by atoms with Gasteiger partial charge < -0.3 is 15.2 Å². The average molecular weight is 289 g/mol. The van der Waals surface area contributed by atoms with Crippen LogP contribution in [-0.2, 0) is 11.3 Å². The summed E-state index contributed by atoms with van der Waals surface area (Å²) in [7, 11) is 0.